The molecule has 1 aliphatic heterocycles. The quantitative estimate of drug-likeness (QED) is 0.860. The third-order valence-corrected chi connectivity index (χ3v) is 4.66. The van der Waals surface area contributed by atoms with Gasteiger partial charge in [0.15, 0.2) is 0 Å². The van der Waals surface area contributed by atoms with Crippen LogP contribution in [0.25, 0.3) is 0 Å². The van der Waals surface area contributed by atoms with Gasteiger partial charge in [0, 0.05) is 42.6 Å². The Morgan fingerprint density at radius 3 is 2.54 bits per heavy atom. The number of aromatic nitrogens is 3. The maximum atomic E-state index is 12.1. The molecule has 3 heterocycles. The summed E-state index contributed by atoms with van der Waals surface area (Å²) in [6.45, 7) is 13.7. The minimum atomic E-state index is -0.0512. The van der Waals surface area contributed by atoms with Crippen LogP contribution in [0.5, 0.6) is 0 Å². The van der Waals surface area contributed by atoms with Crippen LogP contribution in [0.15, 0.2) is 21.5 Å². The van der Waals surface area contributed by atoms with E-state index >= 15 is 0 Å². The number of hydrogen-bond acceptors (Lipinski definition) is 5. The Labute approximate surface area is 142 Å². The molecule has 0 aromatic carbocycles. The summed E-state index contributed by atoms with van der Waals surface area (Å²) in [5.74, 6) is 1.36. The zero-order chi connectivity index (χ0) is 17.5. The lowest BCUT2D eigenvalue weighted by Gasteiger charge is -2.39. The molecule has 3 rings (SSSR count). The van der Waals surface area contributed by atoms with Crippen molar-refractivity contribution in [3.8, 4) is 0 Å². The van der Waals surface area contributed by atoms with Crippen LogP contribution in [0, 0.1) is 19.8 Å². The molecule has 0 bridgehead atoms. The number of hydrogen-bond donors (Lipinski definition) is 0. The van der Waals surface area contributed by atoms with Gasteiger partial charge in [-0.2, -0.15) is 5.10 Å². The fourth-order valence-electron chi connectivity index (χ4n) is 3.10. The minimum Gasteiger partial charge on any atom is -0.361 e. The van der Waals surface area contributed by atoms with E-state index < -0.39 is 0 Å². The average Bonchev–Trinajstić information content (AvgIpc) is 2.77. The van der Waals surface area contributed by atoms with Gasteiger partial charge in [0.1, 0.15) is 5.76 Å². The molecule has 0 saturated carbocycles. The highest BCUT2D eigenvalue weighted by Gasteiger charge is 2.29. The zero-order valence-electron chi connectivity index (χ0n) is 15.2. The van der Waals surface area contributed by atoms with Crippen molar-refractivity contribution in [3.05, 3.63) is 45.2 Å². The van der Waals surface area contributed by atoms with Gasteiger partial charge in [-0.1, -0.05) is 25.9 Å². The highest BCUT2D eigenvalue weighted by Crippen LogP contribution is 2.23. The molecule has 0 amide bonds. The number of likely N-dealkylation sites (tertiary alicyclic amines) is 1. The highest BCUT2D eigenvalue weighted by molar-refractivity contribution is 5.20. The van der Waals surface area contributed by atoms with E-state index in [1.807, 2.05) is 19.9 Å². The summed E-state index contributed by atoms with van der Waals surface area (Å²) in [5, 5.41) is 8.56. The third kappa shape index (κ3) is 3.43. The van der Waals surface area contributed by atoms with Crippen LogP contribution < -0.4 is 5.56 Å². The summed E-state index contributed by atoms with van der Waals surface area (Å²) in [4.78, 5) is 14.4. The molecule has 2 aromatic rings. The average molecular weight is 330 g/mol. The Morgan fingerprint density at radius 2 is 1.96 bits per heavy atom. The summed E-state index contributed by atoms with van der Waals surface area (Å²) in [6, 6.07) is 3.47. The Balaban J connectivity index is 1.61. The molecule has 6 heteroatoms. The molecule has 0 radical (unpaired) electrons. The standard InChI is InChI=1S/C18H26N4O2/c1-12-15(13(2)24-20-12)11-21-8-14(9-21)10-22-17(23)7-6-16(19-22)18(3,4)5/h6-7,14H,8-11H2,1-5H3. The normalized spacial score (nSPS) is 16.4. The Bertz CT molecular complexity index is 760. The smallest absolute Gasteiger partial charge is 0.266 e. The predicted molar refractivity (Wildman–Crippen MR) is 91.9 cm³/mol. The first-order chi connectivity index (χ1) is 11.2. The van der Waals surface area contributed by atoms with Gasteiger partial charge in [-0.15, -0.1) is 0 Å². The summed E-state index contributed by atoms with van der Waals surface area (Å²) < 4.78 is 6.84. The highest BCUT2D eigenvalue weighted by atomic mass is 16.5. The topological polar surface area (TPSA) is 64.2 Å². The van der Waals surface area contributed by atoms with Crippen molar-refractivity contribution >= 4 is 0 Å². The molecule has 6 nitrogen and oxygen atoms in total. The van der Waals surface area contributed by atoms with Crippen LogP contribution in [0.3, 0.4) is 0 Å². The first kappa shape index (κ1) is 16.9. The van der Waals surface area contributed by atoms with E-state index in [0.717, 1.165) is 36.8 Å². The summed E-state index contributed by atoms with van der Waals surface area (Å²) in [7, 11) is 0. The molecule has 24 heavy (non-hydrogen) atoms. The molecular weight excluding hydrogens is 304 g/mol. The molecule has 0 atom stereocenters. The SMILES string of the molecule is Cc1noc(C)c1CN1CC(Cn2nc(C(C)(C)C)ccc2=O)C1. The lowest BCUT2D eigenvalue weighted by atomic mass is 9.92. The second-order valence-corrected chi connectivity index (χ2v) is 7.85. The Hall–Kier alpha value is -1.95. The lowest BCUT2D eigenvalue weighted by Crippen LogP contribution is -2.49. The second-order valence-electron chi connectivity index (χ2n) is 7.85. The first-order valence-electron chi connectivity index (χ1n) is 8.47. The molecule has 1 aliphatic rings. The van der Waals surface area contributed by atoms with Crippen molar-refractivity contribution in [1.29, 1.82) is 0 Å². The van der Waals surface area contributed by atoms with Gasteiger partial charge in [-0.25, -0.2) is 4.68 Å². The monoisotopic (exact) mass is 330 g/mol. The van der Waals surface area contributed by atoms with Gasteiger partial charge >= 0.3 is 0 Å². The molecular formula is C18H26N4O2. The number of aryl methyl sites for hydroxylation is 2. The molecule has 0 N–H and O–H groups in total. The molecule has 0 unspecified atom stereocenters. The van der Waals surface area contributed by atoms with Crippen LogP contribution in [-0.2, 0) is 18.5 Å². The van der Waals surface area contributed by atoms with Crippen LogP contribution in [0.2, 0.25) is 0 Å². The van der Waals surface area contributed by atoms with Gasteiger partial charge in [-0.3, -0.25) is 9.69 Å². The Kier molecular flexibility index (Phi) is 4.34. The third-order valence-electron chi connectivity index (χ3n) is 4.66. The fourth-order valence-corrected chi connectivity index (χ4v) is 3.10. The molecule has 130 valence electrons. The second kappa shape index (κ2) is 6.16. The van der Waals surface area contributed by atoms with Gasteiger partial charge in [0.25, 0.3) is 5.56 Å². The predicted octanol–water partition coefficient (Wildman–Crippen LogP) is 2.28. The van der Waals surface area contributed by atoms with Gasteiger partial charge in [0.2, 0.25) is 0 Å². The summed E-state index contributed by atoms with van der Waals surface area (Å²) in [5.41, 5.74) is 3.02. The van der Waals surface area contributed by atoms with E-state index in [-0.39, 0.29) is 11.0 Å². The lowest BCUT2D eigenvalue weighted by molar-refractivity contribution is 0.0757. The van der Waals surface area contributed by atoms with Crippen molar-refractivity contribution < 1.29 is 4.52 Å². The van der Waals surface area contributed by atoms with Crippen LogP contribution in [0.4, 0.5) is 0 Å². The molecule has 1 fully saturated rings. The largest absolute Gasteiger partial charge is 0.361 e. The molecule has 0 aliphatic carbocycles. The van der Waals surface area contributed by atoms with Crippen molar-refractivity contribution in [3.63, 3.8) is 0 Å². The van der Waals surface area contributed by atoms with Crippen molar-refractivity contribution in [1.82, 2.24) is 19.8 Å². The van der Waals surface area contributed by atoms with Crippen molar-refractivity contribution in [2.45, 2.75) is 53.1 Å². The first-order valence-corrected chi connectivity index (χ1v) is 8.47. The molecule has 2 aromatic heterocycles. The summed E-state index contributed by atoms with van der Waals surface area (Å²) in [6.07, 6.45) is 0. The van der Waals surface area contributed by atoms with Crippen LogP contribution >= 0.6 is 0 Å². The maximum Gasteiger partial charge on any atom is 0.266 e. The van der Waals surface area contributed by atoms with Crippen molar-refractivity contribution in [2.24, 2.45) is 5.92 Å². The number of nitrogens with zero attached hydrogens (tertiary/aromatic N) is 4. The van der Waals surface area contributed by atoms with Crippen LogP contribution in [-0.4, -0.2) is 32.9 Å². The van der Waals surface area contributed by atoms with Gasteiger partial charge in [0.05, 0.1) is 17.9 Å². The molecule has 0 spiro atoms. The zero-order valence-corrected chi connectivity index (χ0v) is 15.2. The van der Waals surface area contributed by atoms with E-state index in [9.17, 15) is 4.79 Å². The van der Waals surface area contributed by atoms with Crippen LogP contribution in [0.1, 0.15) is 43.5 Å². The molecule has 1 saturated heterocycles. The maximum absolute atomic E-state index is 12.1. The van der Waals surface area contributed by atoms with E-state index in [1.165, 1.54) is 5.56 Å². The van der Waals surface area contributed by atoms with E-state index in [4.69, 9.17) is 4.52 Å². The summed E-state index contributed by atoms with van der Waals surface area (Å²) >= 11 is 0. The van der Waals surface area contributed by atoms with Crippen molar-refractivity contribution in [2.75, 3.05) is 13.1 Å². The van der Waals surface area contributed by atoms with E-state index in [1.54, 1.807) is 10.7 Å². The van der Waals surface area contributed by atoms with Gasteiger partial charge < -0.3 is 4.52 Å². The number of rotatable bonds is 4. The fraction of sp³-hybridized carbons (Fsp3) is 0.611. The van der Waals surface area contributed by atoms with Gasteiger partial charge in [-0.05, 0) is 19.9 Å². The Morgan fingerprint density at radius 1 is 1.25 bits per heavy atom. The van der Waals surface area contributed by atoms with E-state index in [0.29, 0.717) is 12.5 Å². The van der Waals surface area contributed by atoms with E-state index in [2.05, 4.69) is 35.9 Å². The minimum absolute atomic E-state index is 0.0211.